The average Bonchev–Trinajstić information content (AvgIpc) is 2.43. The molecule has 1 aromatic heterocycles. The van der Waals surface area contributed by atoms with Crippen LogP contribution >= 0.6 is 0 Å². The average molecular weight is 255 g/mol. The Bertz CT molecular complexity index is 581. The van der Waals surface area contributed by atoms with Crippen LogP contribution in [0.25, 0.3) is 0 Å². The third kappa shape index (κ3) is 3.10. The maximum Gasteiger partial charge on any atom is 0.232 e. The van der Waals surface area contributed by atoms with Crippen molar-refractivity contribution < 1.29 is 4.79 Å². The van der Waals surface area contributed by atoms with Crippen LogP contribution < -0.4 is 11.1 Å². The fourth-order valence-electron chi connectivity index (χ4n) is 1.76. The molecule has 0 spiro atoms. The first-order valence-electron chi connectivity index (χ1n) is 6.16. The zero-order valence-corrected chi connectivity index (χ0v) is 11.1. The summed E-state index contributed by atoms with van der Waals surface area (Å²) in [6.45, 7) is 3.75. The molecule has 0 bridgehead atoms. The van der Waals surface area contributed by atoms with Crippen LogP contribution in [0.15, 0.2) is 42.6 Å². The maximum absolute atomic E-state index is 12.1. The van der Waals surface area contributed by atoms with Crippen molar-refractivity contribution in [3.8, 4) is 0 Å². The molecule has 4 nitrogen and oxygen atoms in total. The molecule has 19 heavy (non-hydrogen) atoms. The van der Waals surface area contributed by atoms with E-state index in [0.717, 1.165) is 11.1 Å². The molecule has 0 aliphatic rings. The van der Waals surface area contributed by atoms with E-state index in [4.69, 9.17) is 5.73 Å². The lowest BCUT2D eigenvalue weighted by atomic mass is 10.0. The number of anilines is 2. The molecule has 1 unspecified atom stereocenters. The number of hydrogen-bond acceptors (Lipinski definition) is 3. The summed E-state index contributed by atoms with van der Waals surface area (Å²) >= 11 is 0. The van der Waals surface area contributed by atoms with Crippen molar-refractivity contribution in [2.45, 2.75) is 19.8 Å². The van der Waals surface area contributed by atoms with Gasteiger partial charge in [-0.05, 0) is 31.0 Å². The number of rotatable bonds is 3. The minimum Gasteiger partial charge on any atom is -0.397 e. The quantitative estimate of drug-likeness (QED) is 0.886. The van der Waals surface area contributed by atoms with Crippen LogP contribution in [0, 0.1) is 6.92 Å². The first kappa shape index (κ1) is 13.1. The van der Waals surface area contributed by atoms with Crippen molar-refractivity contribution in [2.75, 3.05) is 11.1 Å². The number of benzene rings is 1. The van der Waals surface area contributed by atoms with Crippen LogP contribution in [0.4, 0.5) is 11.5 Å². The van der Waals surface area contributed by atoms with Gasteiger partial charge in [-0.15, -0.1) is 0 Å². The highest BCUT2D eigenvalue weighted by Crippen LogP contribution is 2.18. The standard InChI is InChI=1S/C15H17N3O/c1-10-8-14(17-9-13(10)16)18-15(19)11(2)12-6-4-3-5-7-12/h3-9,11H,16H2,1-2H3,(H,17,18,19). The van der Waals surface area contributed by atoms with Crippen LogP contribution in [0.5, 0.6) is 0 Å². The summed E-state index contributed by atoms with van der Waals surface area (Å²) in [5, 5.41) is 2.80. The molecule has 0 saturated carbocycles. The van der Waals surface area contributed by atoms with Gasteiger partial charge in [0.15, 0.2) is 0 Å². The summed E-state index contributed by atoms with van der Waals surface area (Å²) in [7, 11) is 0. The molecular formula is C15H17N3O. The van der Waals surface area contributed by atoms with Gasteiger partial charge in [0.05, 0.1) is 17.8 Å². The number of nitrogens with one attached hydrogen (secondary N) is 1. The van der Waals surface area contributed by atoms with E-state index in [-0.39, 0.29) is 11.8 Å². The van der Waals surface area contributed by atoms with Crippen LogP contribution in [-0.2, 0) is 4.79 Å². The van der Waals surface area contributed by atoms with E-state index in [2.05, 4.69) is 10.3 Å². The Kier molecular flexibility index (Phi) is 3.80. The molecule has 0 aliphatic carbocycles. The summed E-state index contributed by atoms with van der Waals surface area (Å²) in [6, 6.07) is 11.4. The van der Waals surface area contributed by atoms with Crippen molar-refractivity contribution in [3.05, 3.63) is 53.7 Å². The Hall–Kier alpha value is -2.36. The number of hydrogen-bond donors (Lipinski definition) is 2. The van der Waals surface area contributed by atoms with Gasteiger partial charge in [-0.3, -0.25) is 4.79 Å². The summed E-state index contributed by atoms with van der Waals surface area (Å²) < 4.78 is 0. The third-order valence-corrected chi connectivity index (χ3v) is 3.10. The summed E-state index contributed by atoms with van der Waals surface area (Å²) in [4.78, 5) is 16.2. The van der Waals surface area contributed by atoms with Crippen molar-refractivity contribution in [1.82, 2.24) is 4.98 Å². The van der Waals surface area contributed by atoms with E-state index < -0.39 is 0 Å². The number of nitrogens with zero attached hydrogens (tertiary/aromatic N) is 1. The molecule has 0 fully saturated rings. The molecule has 98 valence electrons. The molecule has 1 aromatic carbocycles. The Morgan fingerprint density at radius 1 is 1.32 bits per heavy atom. The first-order chi connectivity index (χ1) is 9.08. The normalized spacial score (nSPS) is 11.9. The molecule has 0 radical (unpaired) electrons. The van der Waals surface area contributed by atoms with Crippen LogP contribution in [-0.4, -0.2) is 10.9 Å². The highest BCUT2D eigenvalue weighted by atomic mass is 16.1. The van der Waals surface area contributed by atoms with Gasteiger partial charge in [0.25, 0.3) is 0 Å². The van der Waals surface area contributed by atoms with E-state index >= 15 is 0 Å². The van der Waals surface area contributed by atoms with Gasteiger partial charge in [0, 0.05) is 0 Å². The van der Waals surface area contributed by atoms with Gasteiger partial charge in [-0.1, -0.05) is 30.3 Å². The molecule has 4 heteroatoms. The second-order valence-electron chi connectivity index (χ2n) is 4.55. The number of amides is 1. The molecule has 3 N–H and O–H groups in total. The molecule has 2 rings (SSSR count). The number of nitrogen functional groups attached to an aromatic ring is 1. The highest BCUT2D eigenvalue weighted by molar-refractivity contribution is 5.94. The SMILES string of the molecule is Cc1cc(NC(=O)C(C)c2ccccc2)ncc1N. The van der Waals surface area contributed by atoms with Crippen molar-refractivity contribution in [3.63, 3.8) is 0 Å². The number of nitrogens with two attached hydrogens (primary N) is 1. The fraction of sp³-hybridized carbons (Fsp3) is 0.200. The largest absolute Gasteiger partial charge is 0.397 e. The molecule has 2 aromatic rings. The number of aryl methyl sites for hydroxylation is 1. The molecule has 1 heterocycles. The van der Waals surface area contributed by atoms with Gasteiger partial charge in [0.2, 0.25) is 5.91 Å². The number of aromatic nitrogens is 1. The summed E-state index contributed by atoms with van der Waals surface area (Å²) in [6.07, 6.45) is 1.55. The van der Waals surface area contributed by atoms with Crippen LogP contribution in [0.3, 0.4) is 0 Å². The summed E-state index contributed by atoms with van der Waals surface area (Å²) in [5.74, 6) is 0.225. The zero-order valence-electron chi connectivity index (χ0n) is 11.1. The Balaban J connectivity index is 2.10. The second kappa shape index (κ2) is 5.52. The van der Waals surface area contributed by atoms with E-state index in [1.165, 1.54) is 0 Å². The van der Waals surface area contributed by atoms with E-state index in [1.807, 2.05) is 44.2 Å². The van der Waals surface area contributed by atoms with Crippen molar-refractivity contribution in [1.29, 1.82) is 0 Å². The lowest BCUT2D eigenvalue weighted by molar-refractivity contribution is -0.117. The van der Waals surface area contributed by atoms with Crippen molar-refractivity contribution >= 4 is 17.4 Å². The molecule has 1 amide bonds. The third-order valence-electron chi connectivity index (χ3n) is 3.10. The van der Waals surface area contributed by atoms with Crippen LogP contribution in [0.2, 0.25) is 0 Å². The van der Waals surface area contributed by atoms with Gasteiger partial charge in [-0.2, -0.15) is 0 Å². The topological polar surface area (TPSA) is 68.0 Å². The van der Waals surface area contributed by atoms with E-state index in [9.17, 15) is 4.79 Å². The highest BCUT2D eigenvalue weighted by Gasteiger charge is 2.15. The molecule has 0 aliphatic heterocycles. The van der Waals surface area contributed by atoms with Gasteiger partial charge in [0.1, 0.15) is 5.82 Å². The number of pyridine rings is 1. The summed E-state index contributed by atoms with van der Waals surface area (Å²) in [5.41, 5.74) is 8.19. The molecule has 1 atom stereocenters. The van der Waals surface area contributed by atoms with Gasteiger partial charge >= 0.3 is 0 Å². The van der Waals surface area contributed by atoms with E-state index in [1.54, 1.807) is 12.3 Å². The van der Waals surface area contributed by atoms with Gasteiger partial charge < -0.3 is 11.1 Å². The maximum atomic E-state index is 12.1. The predicted molar refractivity (Wildman–Crippen MR) is 76.9 cm³/mol. The minimum absolute atomic E-state index is 0.0807. The molecule has 0 saturated heterocycles. The van der Waals surface area contributed by atoms with Gasteiger partial charge in [-0.25, -0.2) is 4.98 Å². The van der Waals surface area contributed by atoms with E-state index in [0.29, 0.717) is 11.5 Å². The molecular weight excluding hydrogens is 238 g/mol. The zero-order chi connectivity index (χ0) is 13.8. The Morgan fingerprint density at radius 2 is 2.00 bits per heavy atom. The lowest BCUT2D eigenvalue weighted by Crippen LogP contribution is -2.19. The monoisotopic (exact) mass is 255 g/mol. The van der Waals surface area contributed by atoms with Crippen LogP contribution in [0.1, 0.15) is 24.0 Å². The second-order valence-corrected chi connectivity index (χ2v) is 4.55. The fourth-order valence-corrected chi connectivity index (χ4v) is 1.76. The number of carbonyl (C=O) groups excluding carboxylic acids is 1. The Morgan fingerprint density at radius 3 is 2.63 bits per heavy atom. The predicted octanol–water partition coefficient (Wildman–Crippen LogP) is 2.71. The lowest BCUT2D eigenvalue weighted by Gasteiger charge is -2.12. The smallest absolute Gasteiger partial charge is 0.232 e. The first-order valence-corrected chi connectivity index (χ1v) is 6.16. The van der Waals surface area contributed by atoms with Crippen molar-refractivity contribution in [2.24, 2.45) is 0 Å². The minimum atomic E-state index is -0.221. The Labute approximate surface area is 112 Å². The number of carbonyl (C=O) groups is 1.